The topological polar surface area (TPSA) is 63.8 Å². The lowest BCUT2D eigenvalue weighted by molar-refractivity contribution is 1.06. The Bertz CT molecular complexity index is 533. The zero-order valence-corrected chi connectivity index (χ0v) is 11.1. The van der Waals surface area contributed by atoms with Crippen LogP contribution < -0.4 is 11.3 Å². The summed E-state index contributed by atoms with van der Waals surface area (Å²) in [6, 6.07) is 4.18. The Kier molecular flexibility index (Phi) is 3.40. The summed E-state index contributed by atoms with van der Waals surface area (Å²) in [5.74, 6) is 6.90. The quantitative estimate of drug-likeness (QED) is 0.647. The highest BCUT2D eigenvalue weighted by Crippen LogP contribution is 2.27. The highest BCUT2D eigenvalue weighted by atomic mass is 32.1. The lowest BCUT2D eigenvalue weighted by Gasteiger charge is -2.08. The van der Waals surface area contributed by atoms with E-state index in [2.05, 4.69) is 34.5 Å². The van der Waals surface area contributed by atoms with Gasteiger partial charge in [-0.15, -0.1) is 11.3 Å². The van der Waals surface area contributed by atoms with Crippen LogP contribution in [0, 0.1) is 13.8 Å². The molecule has 5 heteroatoms. The number of rotatable bonds is 3. The predicted molar refractivity (Wildman–Crippen MR) is 72.0 cm³/mol. The first kappa shape index (κ1) is 12.0. The van der Waals surface area contributed by atoms with E-state index in [1.807, 2.05) is 13.8 Å². The maximum absolute atomic E-state index is 5.46. The first-order valence-corrected chi connectivity index (χ1v) is 6.38. The van der Waals surface area contributed by atoms with E-state index in [1.165, 1.54) is 4.88 Å². The Morgan fingerprint density at radius 1 is 1.29 bits per heavy atom. The zero-order valence-electron chi connectivity index (χ0n) is 10.2. The molecule has 0 aromatic carbocycles. The molecule has 0 saturated heterocycles. The molecule has 0 bridgehead atoms. The van der Waals surface area contributed by atoms with E-state index in [0.717, 1.165) is 28.4 Å². The number of nitrogens with zero attached hydrogens (tertiary/aromatic N) is 2. The van der Waals surface area contributed by atoms with Crippen LogP contribution in [0.5, 0.6) is 0 Å². The predicted octanol–water partition coefficient (Wildman–Crippen LogP) is 2.67. The van der Waals surface area contributed by atoms with Crippen molar-refractivity contribution in [3.8, 4) is 10.7 Å². The van der Waals surface area contributed by atoms with Crippen molar-refractivity contribution in [1.29, 1.82) is 0 Å². The maximum atomic E-state index is 5.46. The van der Waals surface area contributed by atoms with Crippen molar-refractivity contribution in [1.82, 2.24) is 9.97 Å². The third-order valence-corrected chi connectivity index (χ3v) is 3.98. The molecule has 0 atom stereocenters. The molecule has 3 N–H and O–H groups in total. The summed E-state index contributed by atoms with van der Waals surface area (Å²) in [6.07, 6.45) is 1.04. The van der Waals surface area contributed by atoms with Crippen LogP contribution >= 0.6 is 11.3 Å². The van der Waals surface area contributed by atoms with Crippen LogP contribution in [-0.2, 0) is 6.42 Å². The van der Waals surface area contributed by atoms with E-state index in [9.17, 15) is 0 Å². The fraction of sp³-hybridized carbons (Fsp3) is 0.333. The van der Waals surface area contributed by atoms with E-state index >= 15 is 0 Å². The Morgan fingerprint density at radius 2 is 2.06 bits per heavy atom. The SMILES string of the molecule is CCc1ccc(-c2nc(C)c(C)c(NN)n2)s1. The van der Waals surface area contributed by atoms with Gasteiger partial charge in [-0.1, -0.05) is 6.92 Å². The van der Waals surface area contributed by atoms with Gasteiger partial charge in [-0.05, 0) is 32.4 Å². The Labute approximate surface area is 105 Å². The van der Waals surface area contributed by atoms with Crippen LogP contribution in [0.3, 0.4) is 0 Å². The van der Waals surface area contributed by atoms with Gasteiger partial charge in [-0.2, -0.15) is 0 Å². The lowest BCUT2D eigenvalue weighted by atomic mass is 10.2. The number of hydrogen-bond donors (Lipinski definition) is 2. The van der Waals surface area contributed by atoms with Gasteiger partial charge in [-0.3, -0.25) is 0 Å². The van der Waals surface area contributed by atoms with E-state index < -0.39 is 0 Å². The number of hydrazine groups is 1. The summed E-state index contributed by atoms with van der Waals surface area (Å²) in [7, 11) is 0. The van der Waals surface area contributed by atoms with Crippen LogP contribution in [0.2, 0.25) is 0 Å². The van der Waals surface area contributed by atoms with Crippen LogP contribution in [-0.4, -0.2) is 9.97 Å². The molecule has 0 aliphatic heterocycles. The minimum atomic E-state index is 0.693. The number of aromatic nitrogens is 2. The van der Waals surface area contributed by atoms with Crippen LogP contribution in [0.25, 0.3) is 10.7 Å². The standard InChI is InChI=1S/C12H16N4S/c1-4-9-5-6-10(17-9)12-14-8(3)7(2)11(15-12)16-13/h5-6H,4,13H2,1-3H3,(H,14,15,16). The molecule has 0 unspecified atom stereocenters. The molecule has 0 amide bonds. The van der Waals surface area contributed by atoms with Crippen molar-refractivity contribution in [3.05, 3.63) is 28.3 Å². The van der Waals surface area contributed by atoms with Gasteiger partial charge in [0.15, 0.2) is 5.82 Å². The van der Waals surface area contributed by atoms with E-state index in [0.29, 0.717) is 5.82 Å². The minimum absolute atomic E-state index is 0.693. The average Bonchev–Trinajstić information content (AvgIpc) is 2.81. The van der Waals surface area contributed by atoms with Gasteiger partial charge in [0.25, 0.3) is 0 Å². The zero-order chi connectivity index (χ0) is 12.4. The van der Waals surface area contributed by atoms with Crippen molar-refractivity contribution < 1.29 is 0 Å². The molecular weight excluding hydrogens is 232 g/mol. The summed E-state index contributed by atoms with van der Waals surface area (Å²) < 4.78 is 0. The van der Waals surface area contributed by atoms with Crippen molar-refractivity contribution in [2.45, 2.75) is 27.2 Å². The first-order valence-electron chi connectivity index (χ1n) is 5.56. The van der Waals surface area contributed by atoms with E-state index in [-0.39, 0.29) is 0 Å². The van der Waals surface area contributed by atoms with E-state index in [1.54, 1.807) is 11.3 Å². The Balaban J connectivity index is 2.48. The average molecular weight is 248 g/mol. The Hall–Kier alpha value is -1.46. The third kappa shape index (κ3) is 2.30. The van der Waals surface area contributed by atoms with Gasteiger partial charge in [0, 0.05) is 16.1 Å². The monoisotopic (exact) mass is 248 g/mol. The van der Waals surface area contributed by atoms with Gasteiger partial charge >= 0.3 is 0 Å². The number of nitrogens with one attached hydrogen (secondary N) is 1. The van der Waals surface area contributed by atoms with E-state index in [4.69, 9.17) is 5.84 Å². The van der Waals surface area contributed by atoms with Crippen LogP contribution in [0.1, 0.15) is 23.1 Å². The number of hydrogen-bond acceptors (Lipinski definition) is 5. The summed E-state index contributed by atoms with van der Waals surface area (Å²) in [6.45, 7) is 6.07. The number of aryl methyl sites for hydroxylation is 2. The maximum Gasteiger partial charge on any atom is 0.171 e. The minimum Gasteiger partial charge on any atom is -0.308 e. The van der Waals surface area contributed by atoms with Gasteiger partial charge in [0.2, 0.25) is 0 Å². The second kappa shape index (κ2) is 4.81. The summed E-state index contributed by atoms with van der Waals surface area (Å²) >= 11 is 1.73. The smallest absolute Gasteiger partial charge is 0.171 e. The molecule has 90 valence electrons. The van der Waals surface area contributed by atoms with Crippen molar-refractivity contribution in [3.63, 3.8) is 0 Å². The van der Waals surface area contributed by atoms with Crippen molar-refractivity contribution in [2.75, 3.05) is 5.43 Å². The lowest BCUT2D eigenvalue weighted by Crippen LogP contribution is -2.12. The number of anilines is 1. The second-order valence-corrected chi connectivity index (χ2v) is 5.04. The Morgan fingerprint density at radius 3 is 2.65 bits per heavy atom. The second-order valence-electron chi connectivity index (χ2n) is 3.87. The molecule has 17 heavy (non-hydrogen) atoms. The summed E-state index contributed by atoms with van der Waals surface area (Å²) in [4.78, 5) is 11.4. The first-order chi connectivity index (χ1) is 8.15. The fourth-order valence-electron chi connectivity index (χ4n) is 1.57. The number of nitrogen functional groups attached to an aromatic ring is 1. The summed E-state index contributed by atoms with van der Waals surface area (Å²) in [5, 5.41) is 0. The largest absolute Gasteiger partial charge is 0.308 e. The van der Waals surface area contributed by atoms with Crippen LogP contribution in [0.15, 0.2) is 12.1 Å². The molecular formula is C12H16N4S. The van der Waals surface area contributed by atoms with Gasteiger partial charge < -0.3 is 5.43 Å². The third-order valence-electron chi connectivity index (χ3n) is 2.76. The fourth-order valence-corrected chi connectivity index (χ4v) is 2.45. The van der Waals surface area contributed by atoms with Crippen molar-refractivity contribution in [2.24, 2.45) is 5.84 Å². The molecule has 4 nitrogen and oxygen atoms in total. The molecule has 0 saturated carbocycles. The number of nitrogens with two attached hydrogens (primary N) is 1. The molecule has 2 rings (SSSR count). The molecule has 0 aliphatic carbocycles. The van der Waals surface area contributed by atoms with Crippen molar-refractivity contribution >= 4 is 17.2 Å². The molecule has 0 radical (unpaired) electrons. The molecule has 2 heterocycles. The van der Waals surface area contributed by atoms with Gasteiger partial charge in [0.1, 0.15) is 5.82 Å². The summed E-state index contributed by atoms with van der Waals surface area (Å²) in [5.41, 5.74) is 4.56. The molecule has 0 spiro atoms. The van der Waals surface area contributed by atoms with Gasteiger partial charge in [-0.25, -0.2) is 15.8 Å². The van der Waals surface area contributed by atoms with Crippen LogP contribution in [0.4, 0.5) is 5.82 Å². The number of thiophene rings is 1. The normalized spacial score (nSPS) is 10.6. The molecule has 0 aliphatic rings. The molecule has 0 fully saturated rings. The van der Waals surface area contributed by atoms with Gasteiger partial charge in [0.05, 0.1) is 4.88 Å². The highest BCUT2D eigenvalue weighted by molar-refractivity contribution is 7.15. The highest BCUT2D eigenvalue weighted by Gasteiger charge is 2.10. The molecule has 2 aromatic heterocycles. The molecule has 2 aromatic rings.